The van der Waals surface area contributed by atoms with E-state index in [-0.39, 0.29) is 11.1 Å². The molecule has 0 saturated carbocycles. The van der Waals surface area contributed by atoms with Crippen molar-refractivity contribution >= 4 is 0 Å². The number of aromatic nitrogens is 1. The molecule has 0 radical (unpaired) electrons. The van der Waals surface area contributed by atoms with Gasteiger partial charge in [-0.2, -0.15) is 5.26 Å². The number of hydrogen-bond acceptors (Lipinski definition) is 3. The van der Waals surface area contributed by atoms with Crippen LogP contribution in [0.15, 0.2) is 35.1 Å². The first-order valence-corrected chi connectivity index (χ1v) is 7.22. The highest BCUT2D eigenvalue weighted by atomic mass is 16.1. The zero-order chi connectivity index (χ0) is 14.8. The van der Waals surface area contributed by atoms with Crippen molar-refractivity contribution in [1.29, 1.82) is 5.26 Å². The summed E-state index contributed by atoms with van der Waals surface area (Å²) in [5.74, 6) is 0. The lowest BCUT2D eigenvalue weighted by molar-refractivity contribution is 0.612. The van der Waals surface area contributed by atoms with E-state index in [1.54, 1.807) is 10.6 Å². The molecule has 4 heteroatoms. The number of nitrogens with one attached hydrogen (secondary N) is 1. The zero-order valence-electron chi connectivity index (χ0n) is 12.0. The predicted octanol–water partition coefficient (Wildman–Crippen LogP) is 1.92. The van der Waals surface area contributed by atoms with Gasteiger partial charge in [0.1, 0.15) is 11.6 Å². The molecule has 3 rings (SSSR count). The Morgan fingerprint density at radius 1 is 1.33 bits per heavy atom. The normalized spacial score (nSPS) is 13.5. The monoisotopic (exact) mass is 279 g/mol. The third kappa shape index (κ3) is 2.37. The molecule has 106 valence electrons. The highest BCUT2D eigenvalue weighted by Gasteiger charge is 2.18. The molecule has 1 aliphatic heterocycles. The summed E-state index contributed by atoms with van der Waals surface area (Å²) in [5.41, 5.74) is 4.12. The second-order valence-electron chi connectivity index (χ2n) is 5.23. The molecule has 1 N–H and O–H groups in total. The molecule has 2 aromatic rings. The molecule has 0 atom stereocenters. The molecule has 0 unspecified atom stereocenters. The van der Waals surface area contributed by atoms with E-state index in [0.29, 0.717) is 6.54 Å². The maximum atomic E-state index is 12.5. The Morgan fingerprint density at radius 2 is 2.10 bits per heavy atom. The van der Waals surface area contributed by atoms with Gasteiger partial charge in [-0.1, -0.05) is 19.1 Å². The standard InChI is InChI=1S/C17H17N3O/c1-2-12-3-5-15(6-4-12)20-16-7-8-19-11-14(16)9-13(10-18)17(20)21/h3-6,9,19H,2,7-8,11H2,1H3. The van der Waals surface area contributed by atoms with E-state index in [2.05, 4.69) is 12.2 Å². The summed E-state index contributed by atoms with van der Waals surface area (Å²) >= 11 is 0. The van der Waals surface area contributed by atoms with E-state index in [4.69, 9.17) is 0 Å². The Morgan fingerprint density at radius 3 is 2.76 bits per heavy atom. The number of fused-ring (bicyclic) bond motifs is 1. The van der Waals surface area contributed by atoms with Crippen molar-refractivity contribution in [3.63, 3.8) is 0 Å². The minimum atomic E-state index is -0.220. The van der Waals surface area contributed by atoms with Crippen LogP contribution in [0.2, 0.25) is 0 Å². The Balaban J connectivity index is 2.24. The fourth-order valence-corrected chi connectivity index (χ4v) is 2.80. The van der Waals surface area contributed by atoms with E-state index in [9.17, 15) is 10.1 Å². The number of nitriles is 1. The average Bonchev–Trinajstić information content (AvgIpc) is 2.54. The van der Waals surface area contributed by atoms with Gasteiger partial charge >= 0.3 is 0 Å². The van der Waals surface area contributed by atoms with Crippen molar-refractivity contribution in [2.45, 2.75) is 26.3 Å². The maximum absolute atomic E-state index is 12.5. The maximum Gasteiger partial charge on any atom is 0.273 e. The first kappa shape index (κ1) is 13.6. The molecular formula is C17H17N3O. The lowest BCUT2D eigenvalue weighted by Crippen LogP contribution is -2.33. The van der Waals surface area contributed by atoms with E-state index >= 15 is 0 Å². The smallest absolute Gasteiger partial charge is 0.273 e. The molecule has 0 fully saturated rings. The van der Waals surface area contributed by atoms with Crippen molar-refractivity contribution in [3.05, 3.63) is 63.1 Å². The largest absolute Gasteiger partial charge is 0.312 e. The SMILES string of the molecule is CCc1ccc(-n2c3c(cc(C#N)c2=O)CNCC3)cc1. The molecule has 1 aromatic carbocycles. The Bertz CT molecular complexity index is 766. The van der Waals surface area contributed by atoms with Crippen LogP contribution in [0, 0.1) is 11.3 Å². The van der Waals surface area contributed by atoms with Crippen LogP contribution in [0.25, 0.3) is 5.69 Å². The average molecular weight is 279 g/mol. The Hall–Kier alpha value is -2.38. The lowest BCUT2D eigenvalue weighted by Gasteiger charge is -2.22. The van der Waals surface area contributed by atoms with Gasteiger partial charge in [0, 0.05) is 30.9 Å². The van der Waals surface area contributed by atoms with Crippen LogP contribution in [-0.2, 0) is 19.4 Å². The molecule has 0 spiro atoms. The van der Waals surface area contributed by atoms with Crippen molar-refractivity contribution in [3.8, 4) is 11.8 Å². The molecule has 1 aromatic heterocycles. The molecule has 4 nitrogen and oxygen atoms in total. The Labute approximate surface area is 123 Å². The quantitative estimate of drug-likeness (QED) is 0.913. The summed E-state index contributed by atoms with van der Waals surface area (Å²) in [6.07, 6.45) is 1.77. The number of nitrogens with zero attached hydrogens (tertiary/aromatic N) is 2. The number of benzene rings is 1. The van der Waals surface area contributed by atoms with Gasteiger partial charge in [0.25, 0.3) is 5.56 Å². The van der Waals surface area contributed by atoms with Crippen LogP contribution in [0.1, 0.15) is 29.3 Å². The van der Waals surface area contributed by atoms with Crippen molar-refractivity contribution in [2.24, 2.45) is 0 Å². The number of hydrogen-bond donors (Lipinski definition) is 1. The molecule has 0 amide bonds. The minimum absolute atomic E-state index is 0.206. The van der Waals surface area contributed by atoms with Crippen LogP contribution in [0.3, 0.4) is 0 Å². The van der Waals surface area contributed by atoms with E-state index < -0.39 is 0 Å². The lowest BCUT2D eigenvalue weighted by atomic mass is 10.0. The van der Waals surface area contributed by atoms with Crippen LogP contribution >= 0.6 is 0 Å². The summed E-state index contributed by atoms with van der Waals surface area (Å²) in [4.78, 5) is 12.5. The van der Waals surface area contributed by atoms with Gasteiger partial charge in [-0.3, -0.25) is 9.36 Å². The Kier molecular flexibility index (Phi) is 3.59. The molecule has 1 aliphatic rings. The third-order valence-electron chi connectivity index (χ3n) is 3.97. The van der Waals surface area contributed by atoms with Crippen LogP contribution in [0.5, 0.6) is 0 Å². The summed E-state index contributed by atoms with van der Waals surface area (Å²) < 4.78 is 1.70. The summed E-state index contributed by atoms with van der Waals surface area (Å²) in [6, 6.07) is 11.7. The highest BCUT2D eigenvalue weighted by molar-refractivity contribution is 5.43. The van der Waals surface area contributed by atoms with E-state index in [1.165, 1.54) is 5.56 Å². The van der Waals surface area contributed by atoms with Gasteiger partial charge in [0.05, 0.1) is 0 Å². The summed E-state index contributed by atoms with van der Waals surface area (Å²) in [7, 11) is 0. The fourth-order valence-electron chi connectivity index (χ4n) is 2.80. The molecule has 0 aliphatic carbocycles. The first-order valence-electron chi connectivity index (χ1n) is 7.22. The van der Waals surface area contributed by atoms with E-state index in [1.807, 2.05) is 30.3 Å². The number of pyridine rings is 1. The van der Waals surface area contributed by atoms with Crippen LogP contribution in [0.4, 0.5) is 0 Å². The summed E-state index contributed by atoms with van der Waals surface area (Å²) in [6.45, 7) is 3.66. The van der Waals surface area contributed by atoms with Crippen LogP contribution in [-0.4, -0.2) is 11.1 Å². The summed E-state index contributed by atoms with van der Waals surface area (Å²) in [5, 5.41) is 12.5. The zero-order valence-corrected chi connectivity index (χ0v) is 12.0. The van der Waals surface area contributed by atoms with Gasteiger partial charge in [-0.15, -0.1) is 0 Å². The second-order valence-corrected chi connectivity index (χ2v) is 5.23. The second kappa shape index (κ2) is 5.55. The molecule has 0 saturated heterocycles. The highest BCUT2D eigenvalue weighted by Crippen LogP contribution is 2.18. The molecule has 21 heavy (non-hydrogen) atoms. The van der Waals surface area contributed by atoms with Gasteiger partial charge < -0.3 is 5.32 Å². The topological polar surface area (TPSA) is 57.8 Å². The van der Waals surface area contributed by atoms with Crippen LogP contribution < -0.4 is 10.9 Å². The predicted molar refractivity (Wildman–Crippen MR) is 81.5 cm³/mol. The van der Waals surface area contributed by atoms with E-state index in [0.717, 1.165) is 36.3 Å². The van der Waals surface area contributed by atoms with Gasteiger partial charge in [-0.05, 0) is 35.7 Å². The molecule has 2 heterocycles. The van der Waals surface area contributed by atoms with Gasteiger partial charge in [0.15, 0.2) is 0 Å². The first-order chi connectivity index (χ1) is 10.2. The molecular weight excluding hydrogens is 262 g/mol. The minimum Gasteiger partial charge on any atom is -0.312 e. The number of rotatable bonds is 2. The third-order valence-corrected chi connectivity index (χ3v) is 3.97. The van der Waals surface area contributed by atoms with Gasteiger partial charge in [0.2, 0.25) is 0 Å². The number of aryl methyl sites for hydroxylation is 1. The molecule has 0 bridgehead atoms. The van der Waals surface area contributed by atoms with Crippen molar-refractivity contribution in [1.82, 2.24) is 9.88 Å². The van der Waals surface area contributed by atoms with Gasteiger partial charge in [-0.25, -0.2) is 0 Å². The fraction of sp³-hybridized carbons (Fsp3) is 0.294. The van der Waals surface area contributed by atoms with Crippen molar-refractivity contribution < 1.29 is 0 Å². The van der Waals surface area contributed by atoms with Crippen molar-refractivity contribution in [2.75, 3.05) is 6.54 Å².